The van der Waals surface area contributed by atoms with Gasteiger partial charge in [-0.2, -0.15) is 28.4 Å². The van der Waals surface area contributed by atoms with Crippen LogP contribution in [-0.2, 0) is 21.5 Å². The smallest absolute Gasteiger partial charge is 0.281 e. The first-order chi connectivity index (χ1) is 8.84. The summed E-state index contributed by atoms with van der Waals surface area (Å²) in [6.07, 6.45) is 0. The highest BCUT2D eigenvalue weighted by Crippen LogP contribution is 2.13. The predicted molar refractivity (Wildman–Crippen MR) is 76.0 cm³/mol. The second kappa shape index (κ2) is 6.99. The Morgan fingerprint density at radius 3 is 2.58 bits per heavy atom. The van der Waals surface area contributed by atoms with Crippen molar-refractivity contribution in [2.45, 2.75) is 13.5 Å². The van der Waals surface area contributed by atoms with Gasteiger partial charge in [-0.3, -0.25) is 4.79 Å². The molecule has 0 unspecified atom stereocenters. The molecular formula is C11H19N3O3S2. The van der Waals surface area contributed by atoms with Crippen LogP contribution in [0.25, 0.3) is 0 Å². The monoisotopic (exact) mass is 305 g/mol. The molecule has 0 saturated heterocycles. The molecule has 0 atom stereocenters. The third-order valence-corrected chi connectivity index (χ3v) is 5.08. The van der Waals surface area contributed by atoms with Gasteiger partial charge in [-0.25, -0.2) is 0 Å². The van der Waals surface area contributed by atoms with Crippen molar-refractivity contribution in [3.05, 3.63) is 22.4 Å². The van der Waals surface area contributed by atoms with Gasteiger partial charge in [0.05, 0.1) is 0 Å². The van der Waals surface area contributed by atoms with Gasteiger partial charge in [0.1, 0.15) is 0 Å². The highest BCUT2D eigenvalue weighted by Gasteiger charge is 2.24. The average molecular weight is 305 g/mol. The van der Waals surface area contributed by atoms with Crippen molar-refractivity contribution in [3.63, 3.8) is 0 Å². The molecule has 0 spiro atoms. The van der Waals surface area contributed by atoms with E-state index in [0.717, 1.165) is 5.56 Å². The van der Waals surface area contributed by atoms with Gasteiger partial charge in [-0.1, -0.05) is 0 Å². The molecule has 1 rings (SSSR count). The van der Waals surface area contributed by atoms with Crippen LogP contribution in [0.4, 0.5) is 0 Å². The van der Waals surface area contributed by atoms with E-state index in [9.17, 15) is 13.2 Å². The van der Waals surface area contributed by atoms with Crippen LogP contribution in [0.3, 0.4) is 0 Å². The lowest BCUT2D eigenvalue weighted by molar-refractivity contribution is -0.118. The number of carbonyl (C=O) groups excluding carboxylic acids is 1. The maximum absolute atomic E-state index is 12.2. The van der Waals surface area contributed by atoms with Crippen LogP contribution in [0.2, 0.25) is 0 Å². The van der Waals surface area contributed by atoms with Crippen LogP contribution in [-0.4, -0.2) is 50.1 Å². The number of nitrogens with zero attached hydrogens (tertiary/aromatic N) is 2. The topological polar surface area (TPSA) is 69.7 Å². The zero-order valence-corrected chi connectivity index (χ0v) is 12.9. The first kappa shape index (κ1) is 16.1. The van der Waals surface area contributed by atoms with Crippen molar-refractivity contribution >= 4 is 27.5 Å². The summed E-state index contributed by atoms with van der Waals surface area (Å²) >= 11 is 1.52. The quantitative estimate of drug-likeness (QED) is 0.797. The Labute approximate surface area is 118 Å². The largest absolute Gasteiger partial charge is 0.355 e. The summed E-state index contributed by atoms with van der Waals surface area (Å²) in [7, 11) is -0.504. The lowest BCUT2D eigenvalue weighted by atomic mass is 10.3. The summed E-state index contributed by atoms with van der Waals surface area (Å²) in [6, 6.07) is 1.89. The van der Waals surface area contributed by atoms with Gasteiger partial charge in [0.25, 0.3) is 10.2 Å². The first-order valence-corrected chi connectivity index (χ1v) is 8.11. The molecule has 8 heteroatoms. The second-order valence-electron chi connectivity index (χ2n) is 4.24. The maximum Gasteiger partial charge on any atom is 0.281 e. The van der Waals surface area contributed by atoms with E-state index in [1.165, 1.54) is 41.0 Å². The number of hydrogen-bond acceptors (Lipinski definition) is 4. The van der Waals surface area contributed by atoms with E-state index in [1.54, 1.807) is 0 Å². The minimum Gasteiger partial charge on any atom is -0.355 e. The molecule has 1 aromatic rings. The SMILES string of the molecule is CC(=O)NCCN(Cc1ccsc1)S(=O)(=O)N(C)C. The molecule has 1 N–H and O–H groups in total. The van der Waals surface area contributed by atoms with Crippen LogP contribution in [0, 0.1) is 0 Å². The van der Waals surface area contributed by atoms with Gasteiger partial charge >= 0.3 is 0 Å². The van der Waals surface area contributed by atoms with E-state index >= 15 is 0 Å². The lowest BCUT2D eigenvalue weighted by Crippen LogP contribution is -2.43. The molecule has 108 valence electrons. The molecule has 0 bridgehead atoms. The van der Waals surface area contributed by atoms with E-state index in [4.69, 9.17) is 0 Å². The van der Waals surface area contributed by atoms with Crippen LogP contribution >= 0.6 is 11.3 Å². The highest BCUT2D eigenvalue weighted by atomic mass is 32.2. The van der Waals surface area contributed by atoms with E-state index in [0.29, 0.717) is 13.1 Å². The van der Waals surface area contributed by atoms with E-state index in [-0.39, 0.29) is 12.5 Å². The summed E-state index contributed by atoms with van der Waals surface area (Å²) in [5.41, 5.74) is 0.943. The Balaban J connectivity index is 2.76. The third kappa shape index (κ3) is 4.90. The first-order valence-electron chi connectivity index (χ1n) is 5.77. The van der Waals surface area contributed by atoms with E-state index in [2.05, 4.69) is 5.32 Å². The van der Waals surface area contributed by atoms with Crippen molar-refractivity contribution < 1.29 is 13.2 Å². The summed E-state index contributed by atoms with van der Waals surface area (Å²) < 4.78 is 26.9. The zero-order valence-electron chi connectivity index (χ0n) is 11.3. The minimum absolute atomic E-state index is 0.169. The van der Waals surface area contributed by atoms with Crippen LogP contribution < -0.4 is 5.32 Å². The highest BCUT2D eigenvalue weighted by molar-refractivity contribution is 7.86. The van der Waals surface area contributed by atoms with Gasteiger partial charge < -0.3 is 5.32 Å². The molecule has 0 fully saturated rings. The Bertz CT molecular complexity index is 497. The molecule has 0 aliphatic carbocycles. The van der Waals surface area contributed by atoms with Crippen molar-refractivity contribution in [1.82, 2.24) is 13.9 Å². The van der Waals surface area contributed by atoms with Gasteiger partial charge in [-0.05, 0) is 22.4 Å². The molecule has 6 nitrogen and oxygen atoms in total. The van der Waals surface area contributed by atoms with Crippen LogP contribution in [0.15, 0.2) is 16.8 Å². The standard InChI is InChI=1S/C11H19N3O3S2/c1-10(15)12-5-6-14(19(16,17)13(2)3)8-11-4-7-18-9-11/h4,7,9H,5-6,8H2,1-3H3,(H,12,15). The number of thiophene rings is 1. The molecule has 0 radical (unpaired) electrons. The summed E-state index contributed by atoms with van der Waals surface area (Å²) in [5, 5.41) is 6.43. The Morgan fingerprint density at radius 2 is 2.11 bits per heavy atom. The normalized spacial score (nSPS) is 12.1. The van der Waals surface area contributed by atoms with Crippen LogP contribution in [0.5, 0.6) is 0 Å². The van der Waals surface area contributed by atoms with E-state index < -0.39 is 10.2 Å². The summed E-state index contributed by atoms with van der Waals surface area (Å²) in [4.78, 5) is 10.8. The van der Waals surface area contributed by atoms with E-state index in [1.807, 2.05) is 16.8 Å². The van der Waals surface area contributed by atoms with Crippen LogP contribution in [0.1, 0.15) is 12.5 Å². The molecule has 1 amide bonds. The second-order valence-corrected chi connectivity index (χ2v) is 7.16. The van der Waals surface area contributed by atoms with Crippen molar-refractivity contribution in [2.24, 2.45) is 0 Å². The van der Waals surface area contributed by atoms with Gasteiger partial charge in [0, 0.05) is 40.7 Å². The number of hydrogen-bond donors (Lipinski definition) is 1. The number of amides is 1. The molecule has 19 heavy (non-hydrogen) atoms. The molecule has 0 aromatic carbocycles. The Kier molecular flexibility index (Phi) is 5.92. The molecule has 0 aliphatic heterocycles. The fraction of sp³-hybridized carbons (Fsp3) is 0.545. The Hall–Kier alpha value is -0.960. The maximum atomic E-state index is 12.2. The van der Waals surface area contributed by atoms with Crippen molar-refractivity contribution in [2.75, 3.05) is 27.2 Å². The molecule has 0 aliphatic rings. The molecule has 1 aromatic heterocycles. The summed E-state index contributed by atoms with van der Waals surface area (Å²) in [5.74, 6) is -0.169. The fourth-order valence-electron chi connectivity index (χ4n) is 1.45. The summed E-state index contributed by atoms with van der Waals surface area (Å²) in [6.45, 7) is 2.26. The zero-order chi connectivity index (χ0) is 14.5. The fourth-order valence-corrected chi connectivity index (χ4v) is 3.21. The van der Waals surface area contributed by atoms with Crippen molar-refractivity contribution in [1.29, 1.82) is 0 Å². The molecular weight excluding hydrogens is 286 g/mol. The van der Waals surface area contributed by atoms with Crippen molar-refractivity contribution in [3.8, 4) is 0 Å². The molecule has 0 saturated carbocycles. The third-order valence-electron chi connectivity index (χ3n) is 2.46. The average Bonchev–Trinajstić information content (AvgIpc) is 2.79. The Morgan fingerprint density at radius 1 is 1.42 bits per heavy atom. The number of rotatable bonds is 7. The van der Waals surface area contributed by atoms with Gasteiger partial charge in [0.2, 0.25) is 5.91 Å². The predicted octanol–water partition coefficient (Wildman–Crippen LogP) is 0.493. The molecule has 1 heterocycles. The van der Waals surface area contributed by atoms with Gasteiger partial charge in [0.15, 0.2) is 0 Å². The van der Waals surface area contributed by atoms with Gasteiger partial charge in [-0.15, -0.1) is 0 Å². The number of nitrogens with one attached hydrogen (secondary N) is 1. The minimum atomic E-state index is -3.49. The lowest BCUT2D eigenvalue weighted by Gasteiger charge is -2.25. The number of carbonyl (C=O) groups is 1.